The monoisotopic (exact) mass is 338 g/mol. The number of rotatable bonds is 0. The van der Waals surface area contributed by atoms with E-state index in [-0.39, 0.29) is 101 Å². The fraction of sp³-hybridized carbons (Fsp3) is 0. The van der Waals surface area contributed by atoms with Crippen LogP contribution in [0.1, 0.15) is 0 Å². The number of hydrogen-bond acceptors (Lipinski definition) is 0. The van der Waals surface area contributed by atoms with Crippen LogP contribution in [0, 0.1) is 0 Å². The maximum Gasteiger partial charge on any atom is 0 e. The average molecular weight is 340 g/mol. The van der Waals surface area contributed by atoms with Crippen molar-refractivity contribution in [3.8, 4) is 0 Å². The molecule has 0 aliphatic carbocycles. The first-order valence-electron chi connectivity index (χ1n) is 0. The summed E-state index contributed by atoms with van der Waals surface area (Å²) in [5.41, 5.74) is 0. The summed E-state index contributed by atoms with van der Waals surface area (Å²) in [6.07, 6.45) is 0. The molecule has 9 heteroatoms. The van der Waals surface area contributed by atoms with Crippen molar-refractivity contribution in [2.75, 3.05) is 0 Å². The van der Waals surface area contributed by atoms with Crippen molar-refractivity contribution in [3.05, 3.63) is 0 Å². The van der Waals surface area contributed by atoms with Crippen molar-refractivity contribution in [2.24, 2.45) is 0 Å². The Morgan fingerprint density at radius 3 is 0.333 bits per heavy atom. The molecule has 0 aliphatic heterocycles. The predicted molar refractivity (Wildman–Crippen MR) is 85.0 cm³/mol. The minimum Gasteiger partial charge on any atom is -0.153 e. The Morgan fingerprint density at radius 2 is 0.333 bits per heavy atom. The zero-order chi connectivity index (χ0) is 0. The zero-order valence-corrected chi connectivity index (χ0v) is 19.7. The second-order valence-electron chi connectivity index (χ2n) is 0. The van der Waals surface area contributed by atoms with Gasteiger partial charge >= 0.3 is 0 Å². The van der Waals surface area contributed by atoms with Crippen molar-refractivity contribution < 1.29 is 19.5 Å². The molecule has 0 heterocycles. The van der Waals surface area contributed by atoms with Gasteiger partial charge in [-0.25, -0.2) is 0 Å². The summed E-state index contributed by atoms with van der Waals surface area (Å²) in [6.45, 7) is 0. The van der Waals surface area contributed by atoms with E-state index in [9.17, 15) is 0 Å². The molecule has 0 N–H and O–H groups in total. The Labute approximate surface area is 101 Å². The summed E-state index contributed by atoms with van der Waals surface area (Å²) in [4.78, 5) is 0. The van der Waals surface area contributed by atoms with E-state index >= 15 is 0 Å². The Bertz CT molecular complexity index is 8.88. The molecule has 0 aromatic rings. The molecule has 0 rings (SSSR count). The summed E-state index contributed by atoms with van der Waals surface area (Å²) in [7, 11) is 0. The Hall–Kier alpha value is 3.92. The maximum absolute atomic E-state index is 0. The molecule has 0 aromatic carbocycles. The minimum absolute atomic E-state index is 0. The summed E-state index contributed by atoms with van der Waals surface area (Å²) >= 11 is 0. The van der Waals surface area contributed by atoms with Crippen LogP contribution in [0.25, 0.3) is 0 Å². The van der Waals surface area contributed by atoms with Crippen LogP contribution in [0.15, 0.2) is 0 Å². The van der Waals surface area contributed by atoms with Gasteiger partial charge in [0, 0.05) is 19.5 Å². The summed E-state index contributed by atoms with van der Waals surface area (Å²) in [5, 5.41) is 0. The van der Waals surface area contributed by atoms with E-state index in [1.165, 1.54) is 0 Å². The van der Waals surface area contributed by atoms with Crippen LogP contribution in [-0.2, 0) is 19.5 Å². The Morgan fingerprint density at radius 1 is 0.333 bits per heavy atom. The first kappa shape index (κ1) is 119. The van der Waals surface area contributed by atoms with Crippen LogP contribution in [0.3, 0.4) is 0 Å². The predicted octanol–water partition coefficient (Wildman–Crippen LogP) is 0.826. The molecule has 0 aromatic heterocycles. The van der Waals surface area contributed by atoms with Crippen molar-refractivity contribution in [3.63, 3.8) is 0 Å². The number of hydrogen-bond donors (Lipinski definition) is 0. The summed E-state index contributed by atoms with van der Waals surface area (Å²) < 4.78 is 0. The minimum atomic E-state index is 0. The molecule has 0 nitrogen and oxygen atoms in total. The van der Waals surface area contributed by atoms with Gasteiger partial charge in [-0.05, 0) is 0 Å². The molecule has 0 amide bonds. The van der Waals surface area contributed by atoms with E-state index in [2.05, 4.69) is 0 Å². The fourth-order valence-corrected chi connectivity index (χ4v) is 0. The Balaban J connectivity index is 0. The van der Waals surface area contributed by atoms with Crippen LogP contribution >= 0.6 is 81.7 Å². The van der Waals surface area contributed by atoms with Gasteiger partial charge in [-0.3, -0.25) is 0 Å². The van der Waals surface area contributed by atoms with Gasteiger partial charge in [0.05, 0.1) is 0 Å². The van der Waals surface area contributed by atoms with Crippen LogP contribution in [0.5, 0.6) is 0 Å². The van der Waals surface area contributed by atoms with E-state index < -0.39 is 0 Å². The second-order valence-corrected chi connectivity index (χ2v) is 0. The SMILES string of the molecule is Cl.P.P.P.P.P.P.P.[Zn]. The molecule has 0 aliphatic rings. The van der Waals surface area contributed by atoms with Gasteiger partial charge in [0.1, 0.15) is 0 Å². The average Bonchev–Trinajstić information content (AvgIpc) is 0. The van der Waals surface area contributed by atoms with Gasteiger partial charge in [-0.2, -0.15) is 69.3 Å². The molecule has 0 fully saturated rings. The molecule has 0 radical (unpaired) electrons. The second kappa shape index (κ2) is 92.4. The van der Waals surface area contributed by atoms with E-state index in [1.54, 1.807) is 0 Å². The molecule has 0 saturated heterocycles. The van der Waals surface area contributed by atoms with E-state index in [1.807, 2.05) is 0 Å². The van der Waals surface area contributed by atoms with Crippen molar-refractivity contribution >= 4 is 81.7 Å². The van der Waals surface area contributed by atoms with Gasteiger partial charge in [0.15, 0.2) is 0 Å². The van der Waals surface area contributed by atoms with Crippen molar-refractivity contribution in [1.29, 1.82) is 0 Å². The van der Waals surface area contributed by atoms with Crippen LogP contribution in [0.2, 0.25) is 0 Å². The van der Waals surface area contributed by atoms with Crippen LogP contribution in [0.4, 0.5) is 0 Å². The maximum atomic E-state index is 0. The van der Waals surface area contributed by atoms with E-state index in [4.69, 9.17) is 0 Å². The molecule has 66 valence electrons. The molecule has 0 saturated carbocycles. The first-order valence-corrected chi connectivity index (χ1v) is 0. The van der Waals surface area contributed by atoms with Gasteiger partial charge in [-0.1, -0.05) is 0 Å². The molecular formula is H22ClP7Zn. The van der Waals surface area contributed by atoms with Crippen LogP contribution < -0.4 is 0 Å². The van der Waals surface area contributed by atoms with Gasteiger partial charge < -0.3 is 0 Å². The third-order valence-electron chi connectivity index (χ3n) is 0. The Kier molecular flexibility index (Phi) is 1230. The van der Waals surface area contributed by atoms with Gasteiger partial charge in [0.2, 0.25) is 0 Å². The molecular weight excluding hydrogens is 318 g/mol. The van der Waals surface area contributed by atoms with Gasteiger partial charge in [0.25, 0.3) is 0 Å². The smallest absolute Gasteiger partial charge is 0 e. The van der Waals surface area contributed by atoms with E-state index in [0.29, 0.717) is 0 Å². The fourth-order valence-electron chi connectivity index (χ4n) is 0. The largest absolute Gasteiger partial charge is 0.153 e. The number of halogens is 1. The molecule has 7 atom stereocenters. The third-order valence-corrected chi connectivity index (χ3v) is 0. The topological polar surface area (TPSA) is 0 Å². The first-order chi connectivity index (χ1) is 0. The van der Waals surface area contributed by atoms with Crippen molar-refractivity contribution in [1.82, 2.24) is 0 Å². The molecule has 0 spiro atoms. The molecule has 7 unspecified atom stereocenters. The summed E-state index contributed by atoms with van der Waals surface area (Å²) in [5.74, 6) is 0. The van der Waals surface area contributed by atoms with Crippen molar-refractivity contribution in [2.45, 2.75) is 0 Å². The third kappa shape index (κ3) is 76.3. The molecule has 0 bridgehead atoms. The molecule has 9 heavy (non-hydrogen) atoms. The summed E-state index contributed by atoms with van der Waals surface area (Å²) in [6, 6.07) is 0. The van der Waals surface area contributed by atoms with E-state index in [0.717, 1.165) is 0 Å². The van der Waals surface area contributed by atoms with Gasteiger partial charge in [-0.15, -0.1) is 12.4 Å². The standard InChI is InChI=1S/ClH.7H3P.Zn/h1H;7*1H3;. The van der Waals surface area contributed by atoms with Crippen LogP contribution in [-0.4, -0.2) is 0 Å². The zero-order valence-electron chi connectivity index (χ0n) is 6.07. The quantitative estimate of drug-likeness (QED) is 0.453. The normalized spacial score (nSPS) is 0.